The summed E-state index contributed by atoms with van der Waals surface area (Å²) in [5.74, 6) is 0.832. The minimum Gasteiger partial charge on any atom is -0.502 e. The summed E-state index contributed by atoms with van der Waals surface area (Å²) in [5.41, 5.74) is 1.91. The van der Waals surface area contributed by atoms with Gasteiger partial charge in [0.2, 0.25) is 5.75 Å². The quantitative estimate of drug-likeness (QED) is 0.666. The van der Waals surface area contributed by atoms with Crippen LogP contribution in [-0.4, -0.2) is 36.6 Å². The fourth-order valence-corrected chi connectivity index (χ4v) is 4.43. The molecule has 0 amide bonds. The van der Waals surface area contributed by atoms with E-state index in [1.807, 2.05) is 30.5 Å². The van der Waals surface area contributed by atoms with Gasteiger partial charge in [0.1, 0.15) is 0 Å². The highest BCUT2D eigenvalue weighted by molar-refractivity contribution is 7.68. The number of phenols is 1. The Kier molecular flexibility index (Phi) is 7.08. The van der Waals surface area contributed by atoms with Crippen LogP contribution >= 0.6 is 7.92 Å². The molecule has 0 aliphatic heterocycles. The first kappa shape index (κ1) is 19.1. The molecule has 0 bridgehead atoms. The van der Waals surface area contributed by atoms with Gasteiger partial charge in [-0.1, -0.05) is 21.8 Å². The van der Waals surface area contributed by atoms with Crippen LogP contribution < -0.4 is 14.8 Å². The molecule has 5 nitrogen and oxygen atoms in total. The van der Waals surface area contributed by atoms with Crippen molar-refractivity contribution in [2.45, 2.75) is 13.8 Å². The molecule has 2 aromatic rings. The van der Waals surface area contributed by atoms with Crippen molar-refractivity contribution in [1.29, 1.82) is 0 Å². The fraction of sp³-hybridized carbons (Fsp3) is 0.316. The van der Waals surface area contributed by atoms with E-state index in [4.69, 9.17) is 9.47 Å². The molecule has 1 heterocycles. The molecule has 0 fully saturated rings. The maximum Gasteiger partial charge on any atom is 0.200 e. The van der Waals surface area contributed by atoms with Crippen LogP contribution in [0.15, 0.2) is 42.9 Å². The van der Waals surface area contributed by atoms with Gasteiger partial charge in [0.25, 0.3) is 0 Å². The van der Waals surface area contributed by atoms with Gasteiger partial charge in [0.05, 0.1) is 26.1 Å². The van der Waals surface area contributed by atoms with E-state index in [2.05, 4.69) is 24.1 Å². The second-order valence-electron chi connectivity index (χ2n) is 5.32. The molecular weight excluding hydrogens is 335 g/mol. The van der Waals surface area contributed by atoms with Crippen molar-refractivity contribution in [3.8, 4) is 17.2 Å². The molecule has 0 saturated heterocycles. The summed E-state index contributed by atoms with van der Waals surface area (Å²) in [6.07, 6.45) is 7.69. The van der Waals surface area contributed by atoms with Crippen molar-refractivity contribution in [2.75, 3.05) is 31.9 Å². The number of phenolic OH excluding ortho intramolecular Hbond substituents is 1. The average molecular weight is 360 g/mol. The highest BCUT2D eigenvalue weighted by atomic mass is 31.1. The highest BCUT2D eigenvalue weighted by Crippen LogP contribution is 2.52. The molecule has 0 aliphatic carbocycles. The van der Waals surface area contributed by atoms with Crippen LogP contribution in [0.2, 0.25) is 0 Å². The first-order chi connectivity index (χ1) is 12.1. The Hall–Kier alpha value is -2.26. The summed E-state index contributed by atoms with van der Waals surface area (Å²) in [6, 6.07) is 7.58. The normalized spacial score (nSPS) is 11.5. The molecular formula is C19H25N2O3P. The molecule has 0 spiro atoms. The predicted molar refractivity (Wildman–Crippen MR) is 105 cm³/mol. The number of hydrogen-bond acceptors (Lipinski definition) is 5. The van der Waals surface area contributed by atoms with Crippen LogP contribution in [0.3, 0.4) is 0 Å². The molecule has 0 atom stereocenters. The topological polar surface area (TPSA) is 63.6 Å². The fourth-order valence-electron chi connectivity index (χ4n) is 2.56. The van der Waals surface area contributed by atoms with Gasteiger partial charge in [-0.3, -0.25) is 4.98 Å². The number of anilines is 1. The van der Waals surface area contributed by atoms with Gasteiger partial charge in [-0.05, 0) is 47.5 Å². The van der Waals surface area contributed by atoms with E-state index in [-0.39, 0.29) is 13.7 Å². The lowest BCUT2D eigenvalue weighted by Gasteiger charge is -2.20. The van der Waals surface area contributed by atoms with E-state index >= 15 is 0 Å². The standard InChI is InChI=1S/C19H25N2O3P/c1-5-25(6-2)18(13-21-15-8-7-9-20-12-15)14-10-16(23-3)19(22)17(11-14)24-4/h7-13,21-22H,5-6H2,1-4H3. The van der Waals surface area contributed by atoms with E-state index in [1.165, 1.54) is 19.5 Å². The number of ether oxygens (including phenoxy) is 2. The summed E-state index contributed by atoms with van der Waals surface area (Å²) in [4.78, 5) is 4.13. The Morgan fingerprint density at radius 1 is 1.20 bits per heavy atom. The number of aromatic nitrogens is 1. The van der Waals surface area contributed by atoms with E-state index in [0.29, 0.717) is 11.5 Å². The summed E-state index contributed by atoms with van der Waals surface area (Å²) in [5, 5.41) is 14.7. The maximum absolute atomic E-state index is 10.2. The number of hydrogen-bond donors (Lipinski definition) is 2. The highest BCUT2D eigenvalue weighted by Gasteiger charge is 2.18. The van der Waals surface area contributed by atoms with E-state index in [9.17, 15) is 5.11 Å². The molecule has 25 heavy (non-hydrogen) atoms. The molecule has 0 saturated carbocycles. The zero-order chi connectivity index (χ0) is 18.2. The average Bonchev–Trinajstić information content (AvgIpc) is 2.66. The van der Waals surface area contributed by atoms with E-state index in [0.717, 1.165) is 23.6 Å². The molecule has 2 N–H and O–H groups in total. The molecule has 0 radical (unpaired) electrons. The van der Waals surface area contributed by atoms with E-state index < -0.39 is 0 Å². The van der Waals surface area contributed by atoms with Gasteiger partial charge in [0, 0.05) is 12.4 Å². The third-order valence-corrected chi connectivity index (χ3v) is 6.51. The second kappa shape index (κ2) is 9.28. The van der Waals surface area contributed by atoms with Crippen LogP contribution in [-0.2, 0) is 0 Å². The van der Waals surface area contributed by atoms with Crippen molar-refractivity contribution in [1.82, 2.24) is 4.98 Å². The number of rotatable bonds is 8. The van der Waals surface area contributed by atoms with Gasteiger partial charge in [-0.15, -0.1) is 0 Å². The van der Waals surface area contributed by atoms with Crippen molar-refractivity contribution in [3.05, 3.63) is 48.4 Å². The maximum atomic E-state index is 10.2. The van der Waals surface area contributed by atoms with Gasteiger partial charge < -0.3 is 19.9 Å². The smallest absolute Gasteiger partial charge is 0.200 e. The van der Waals surface area contributed by atoms with Crippen molar-refractivity contribution in [3.63, 3.8) is 0 Å². The number of pyridine rings is 1. The predicted octanol–water partition coefficient (Wildman–Crippen LogP) is 4.74. The van der Waals surface area contributed by atoms with Gasteiger partial charge >= 0.3 is 0 Å². The monoisotopic (exact) mass is 360 g/mol. The number of nitrogens with one attached hydrogen (secondary N) is 1. The van der Waals surface area contributed by atoms with Crippen molar-refractivity contribution in [2.24, 2.45) is 0 Å². The SMILES string of the molecule is CCP(CC)C(=CNc1cccnc1)c1cc(OC)c(O)c(OC)c1. The van der Waals surface area contributed by atoms with Crippen LogP contribution in [0.5, 0.6) is 17.2 Å². The Morgan fingerprint density at radius 2 is 1.84 bits per heavy atom. The molecule has 0 unspecified atom stereocenters. The molecule has 1 aromatic carbocycles. The first-order valence-corrected chi connectivity index (χ1v) is 9.92. The minimum absolute atomic E-state index is 0.0191. The lowest BCUT2D eigenvalue weighted by atomic mass is 10.1. The lowest BCUT2D eigenvalue weighted by Crippen LogP contribution is -1.97. The second-order valence-corrected chi connectivity index (χ2v) is 8.14. The van der Waals surface area contributed by atoms with E-state index in [1.54, 1.807) is 12.4 Å². The largest absolute Gasteiger partial charge is 0.502 e. The summed E-state index contributed by atoms with van der Waals surface area (Å²) < 4.78 is 10.6. The molecule has 6 heteroatoms. The van der Waals surface area contributed by atoms with Crippen LogP contribution in [0, 0.1) is 0 Å². The Morgan fingerprint density at radius 3 is 2.32 bits per heavy atom. The Bertz CT molecular complexity index is 691. The first-order valence-electron chi connectivity index (χ1n) is 8.21. The molecule has 1 aromatic heterocycles. The van der Waals surface area contributed by atoms with Crippen molar-refractivity contribution >= 4 is 18.9 Å². The Labute approximate surface area is 150 Å². The third-order valence-electron chi connectivity index (χ3n) is 3.92. The number of aromatic hydroxyl groups is 1. The summed E-state index contributed by atoms with van der Waals surface area (Å²) >= 11 is 0. The van der Waals surface area contributed by atoms with Crippen molar-refractivity contribution < 1.29 is 14.6 Å². The summed E-state index contributed by atoms with van der Waals surface area (Å²) in [7, 11) is 2.73. The zero-order valence-electron chi connectivity index (χ0n) is 15.1. The molecule has 0 aliphatic rings. The molecule has 2 rings (SSSR count). The zero-order valence-corrected chi connectivity index (χ0v) is 16.0. The number of nitrogens with zero attached hydrogens (tertiary/aromatic N) is 1. The van der Waals surface area contributed by atoms with Crippen LogP contribution in [0.1, 0.15) is 19.4 Å². The molecule has 134 valence electrons. The van der Waals surface area contributed by atoms with Gasteiger partial charge in [-0.25, -0.2) is 0 Å². The van der Waals surface area contributed by atoms with Gasteiger partial charge in [0.15, 0.2) is 11.5 Å². The number of benzene rings is 1. The summed E-state index contributed by atoms with van der Waals surface area (Å²) in [6.45, 7) is 4.39. The lowest BCUT2D eigenvalue weighted by molar-refractivity contribution is 0.340. The van der Waals surface area contributed by atoms with Gasteiger partial charge in [-0.2, -0.15) is 0 Å². The Balaban J connectivity index is 2.48. The minimum atomic E-state index is -0.351. The van der Waals surface area contributed by atoms with Crippen LogP contribution in [0.4, 0.5) is 5.69 Å². The number of methoxy groups -OCH3 is 2. The third kappa shape index (κ3) is 4.64. The van der Waals surface area contributed by atoms with Crippen LogP contribution in [0.25, 0.3) is 5.31 Å².